The molecule has 5 heteroatoms. The van der Waals surface area contributed by atoms with E-state index in [0.29, 0.717) is 0 Å². The molecule has 0 aliphatic rings. The number of rotatable bonds is 0. The number of fused-ring (bicyclic) bond motifs is 1. The molecule has 0 aliphatic carbocycles. The minimum Gasteiger partial charge on any atom is -0.261 e. The van der Waals surface area contributed by atoms with Crippen LogP contribution in [0.15, 0.2) is 16.9 Å². The van der Waals surface area contributed by atoms with Gasteiger partial charge in [0.05, 0.1) is 10.7 Å². The quantitative estimate of drug-likeness (QED) is 0.658. The van der Waals surface area contributed by atoms with E-state index in [0.717, 1.165) is 15.5 Å². The molecular formula is C6H5BrN4. The zero-order valence-corrected chi connectivity index (χ0v) is 7.41. The van der Waals surface area contributed by atoms with Gasteiger partial charge in [0.1, 0.15) is 11.0 Å². The maximum Gasteiger partial charge on any atom is 0.132 e. The number of aromatic nitrogens is 4. The summed E-state index contributed by atoms with van der Waals surface area (Å²) in [7, 11) is 1.85. The standard InChI is InChI=1S/C6H5BrN4/c1-11-6-4(7)2-8-3-5(6)9-10-11/h2-3H,1H3. The molecule has 2 heterocycles. The summed E-state index contributed by atoms with van der Waals surface area (Å²) in [6.07, 6.45) is 3.42. The summed E-state index contributed by atoms with van der Waals surface area (Å²) >= 11 is 3.36. The van der Waals surface area contributed by atoms with Crippen molar-refractivity contribution in [2.24, 2.45) is 7.05 Å². The molecule has 4 nitrogen and oxygen atoms in total. The van der Waals surface area contributed by atoms with E-state index in [-0.39, 0.29) is 0 Å². The van der Waals surface area contributed by atoms with Crippen molar-refractivity contribution >= 4 is 27.0 Å². The van der Waals surface area contributed by atoms with Gasteiger partial charge < -0.3 is 0 Å². The van der Waals surface area contributed by atoms with Crippen LogP contribution in [0.4, 0.5) is 0 Å². The van der Waals surface area contributed by atoms with Crippen LogP contribution in [0.1, 0.15) is 0 Å². The SMILES string of the molecule is Cn1nnc2cncc(Br)c21. The molecule has 2 rings (SSSR count). The van der Waals surface area contributed by atoms with Gasteiger partial charge in [-0.2, -0.15) is 0 Å². The molecule has 0 spiro atoms. The zero-order valence-electron chi connectivity index (χ0n) is 5.82. The molecule has 0 atom stereocenters. The first kappa shape index (κ1) is 6.72. The zero-order chi connectivity index (χ0) is 7.84. The molecule has 0 saturated carbocycles. The Morgan fingerprint density at radius 2 is 2.27 bits per heavy atom. The number of aryl methyl sites for hydroxylation is 1. The minimum atomic E-state index is 0.807. The van der Waals surface area contributed by atoms with E-state index < -0.39 is 0 Å². The molecule has 11 heavy (non-hydrogen) atoms. The average molecular weight is 213 g/mol. The first-order valence-corrected chi connectivity index (χ1v) is 3.87. The predicted octanol–water partition coefficient (Wildman–Crippen LogP) is 1.13. The van der Waals surface area contributed by atoms with E-state index >= 15 is 0 Å². The van der Waals surface area contributed by atoms with E-state index in [1.165, 1.54) is 0 Å². The van der Waals surface area contributed by atoms with Crippen molar-refractivity contribution in [3.63, 3.8) is 0 Å². The van der Waals surface area contributed by atoms with Gasteiger partial charge in [0, 0.05) is 13.2 Å². The van der Waals surface area contributed by atoms with Gasteiger partial charge in [0.2, 0.25) is 0 Å². The van der Waals surface area contributed by atoms with Crippen LogP contribution in [0, 0.1) is 0 Å². The van der Waals surface area contributed by atoms with Gasteiger partial charge in [0.15, 0.2) is 0 Å². The molecule has 0 saturated heterocycles. The highest BCUT2D eigenvalue weighted by molar-refractivity contribution is 9.10. The molecule has 0 amide bonds. The van der Waals surface area contributed by atoms with Crippen LogP contribution < -0.4 is 0 Å². The van der Waals surface area contributed by atoms with Crippen LogP contribution in [0.25, 0.3) is 11.0 Å². The number of halogens is 1. The van der Waals surface area contributed by atoms with Crippen LogP contribution in [-0.4, -0.2) is 20.0 Å². The lowest BCUT2D eigenvalue weighted by Gasteiger charge is -1.92. The molecule has 2 aromatic heterocycles. The lowest BCUT2D eigenvalue weighted by Crippen LogP contribution is -1.90. The molecule has 0 fully saturated rings. The molecule has 0 N–H and O–H groups in total. The largest absolute Gasteiger partial charge is 0.261 e. The Morgan fingerprint density at radius 3 is 3.00 bits per heavy atom. The van der Waals surface area contributed by atoms with Crippen LogP contribution in [0.3, 0.4) is 0 Å². The van der Waals surface area contributed by atoms with Gasteiger partial charge in [-0.1, -0.05) is 5.21 Å². The molecule has 0 aromatic carbocycles. The monoisotopic (exact) mass is 212 g/mol. The maximum absolute atomic E-state index is 3.96. The maximum atomic E-state index is 3.96. The summed E-state index contributed by atoms with van der Waals surface area (Å²) in [5.74, 6) is 0. The van der Waals surface area contributed by atoms with Crippen molar-refractivity contribution < 1.29 is 0 Å². The summed E-state index contributed by atoms with van der Waals surface area (Å²) in [6, 6.07) is 0. The van der Waals surface area contributed by atoms with Crippen molar-refractivity contribution in [1.82, 2.24) is 20.0 Å². The van der Waals surface area contributed by atoms with Crippen LogP contribution in [-0.2, 0) is 7.05 Å². The summed E-state index contributed by atoms with van der Waals surface area (Å²) in [4.78, 5) is 3.96. The van der Waals surface area contributed by atoms with Crippen molar-refractivity contribution in [3.8, 4) is 0 Å². The third-order valence-electron chi connectivity index (χ3n) is 1.46. The number of pyridine rings is 1. The molecule has 2 aromatic rings. The van der Waals surface area contributed by atoms with Gasteiger partial charge in [-0.15, -0.1) is 5.10 Å². The van der Waals surface area contributed by atoms with Gasteiger partial charge >= 0.3 is 0 Å². The second kappa shape index (κ2) is 2.27. The summed E-state index contributed by atoms with van der Waals surface area (Å²) in [5, 5.41) is 7.75. The van der Waals surface area contributed by atoms with Crippen LogP contribution in [0.2, 0.25) is 0 Å². The average Bonchev–Trinajstić information content (AvgIpc) is 2.34. The number of hydrogen-bond acceptors (Lipinski definition) is 3. The molecular weight excluding hydrogens is 208 g/mol. The van der Waals surface area contributed by atoms with Crippen LogP contribution in [0.5, 0.6) is 0 Å². The Labute approximate surface area is 71.4 Å². The Bertz CT molecular complexity index is 394. The fourth-order valence-electron chi connectivity index (χ4n) is 0.971. The van der Waals surface area contributed by atoms with Crippen molar-refractivity contribution in [2.75, 3.05) is 0 Å². The third kappa shape index (κ3) is 0.920. The normalized spacial score (nSPS) is 10.7. The van der Waals surface area contributed by atoms with Crippen molar-refractivity contribution in [1.29, 1.82) is 0 Å². The Balaban J connectivity index is 2.96. The second-order valence-corrected chi connectivity index (χ2v) is 3.06. The highest BCUT2D eigenvalue weighted by Crippen LogP contribution is 2.18. The fourth-order valence-corrected chi connectivity index (χ4v) is 1.55. The highest BCUT2D eigenvalue weighted by Gasteiger charge is 2.03. The van der Waals surface area contributed by atoms with Gasteiger partial charge in [0.25, 0.3) is 0 Å². The topological polar surface area (TPSA) is 43.6 Å². The van der Waals surface area contributed by atoms with E-state index in [1.54, 1.807) is 17.1 Å². The first-order chi connectivity index (χ1) is 5.29. The lowest BCUT2D eigenvalue weighted by atomic mass is 10.4. The fraction of sp³-hybridized carbons (Fsp3) is 0.167. The second-order valence-electron chi connectivity index (χ2n) is 2.20. The van der Waals surface area contributed by atoms with E-state index in [4.69, 9.17) is 0 Å². The van der Waals surface area contributed by atoms with Gasteiger partial charge in [-0.05, 0) is 15.9 Å². The Kier molecular flexibility index (Phi) is 1.38. The Morgan fingerprint density at radius 1 is 1.45 bits per heavy atom. The number of hydrogen-bond donors (Lipinski definition) is 0. The van der Waals surface area contributed by atoms with E-state index in [9.17, 15) is 0 Å². The minimum absolute atomic E-state index is 0.807. The smallest absolute Gasteiger partial charge is 0.132 e. The molecule has 0 aliphatic heterocycles. The molecule has 56 valence electrons. The van der Waals surface area contributed by atoms with Gasteiger partial charge in [-0.25, -0.2) is 4.68 Å². The van der Waals surface area contributed by atoms with Crippen molar-refractivity contribution in [3.05, 3.63) is 16.9 Å². The highest BCUT2D eigenvalue weighted by atomic mass is 79.9. The lowest BCUT2D eigenvalue weighted by molar-refractivity contribution is 0.735. The molecule has 0 unspecified atom stereocenters. The third-order valence-corrected chi connectivity index (χ3v) is 2.04. The molecule has 0 radical (unpaired) electrons. The number of nitrogens with zero attached hydrogens (tertiary/aromatic N) is 4. The Hall–Kier alpha value is -0.970. The summed E-state index contributed by atoms with van der Waals surface area (Å²) in [5.41, 5.74) is 1.78. The van der Waals surface area contributed by atoms with Gasteiger partial charge in [-0.3, -0.25) is 4.98 Å². The van der Waals surface area contributed by atoms with Crippen LogP contribution >= 0.6 is 15.9 Å². The van der Waals surface area contributed by atoms with E-state index in [2.05, 4.69) is 31.2 Å². The predicted molar refractivity (Wildman–Crippen MR) is 44.0 cm³/mol. The summed E-state index contributed by atoms with van der Waals surface area (Å²) < 4.78 is 2.63. The van der Waals surface area contributed by atoms with E-state index in [1.807, 2.05) is 7.05 Å². The van der Waals surface area contributed by atoms with Crippen molar-refractivity contribution in [2.45, 2.75) is 0 Å². The summed E-state index contributed by atoms with van der Waals surface area (Å²) in [6.45, 7) is 0. The first-order valence-electron chi connectivity index (χ1n) is 3.08. The molecule has 0 bridgehead atoms.